The maximum atomic E-state index is 12.4. The van der Waals surface area contributed by atoms with Crippen LogP contribution in [-0.2, 0) is 19.1 Å². The van der Waals surface area contributed by atoms with Gasteiger partial charge >= 0.3 is 11.9 Å². The van der Waals surface area contributed by atoms with Crippen LogP contribution in [0.3, 0.4) is 0 Å². The molecule has 0 radical (unpaired) electrons. The zero-order valence-electron chi connectivity index (χ0n) is 28.6. The van der Waals surface area contributed by atoms with Crippen LogP contribution in [0.25, 0.3) is 0 Å². The third kappa shape index (κ3) is 23.8. The molecule has 7 nitrogen and oxygen atoms in total. The van der Waals surface area contributed by atoms with Crippen LogP contribution in [0.5, 0.6) is 0 Å². The molecule has 0 saturated carbocycles. The van der Waals surface area contributed by atoms with Gasteiger partial charge in [0, 0.05) is 32.0 Å². The Morgan fingerprint density at radius 3 is 1.42 bits per heavy atom. The van der Waals surface area contributed by atoms with E-state index in [1.807, 2.05) is 0 Å². The molecule has 1 saturated heterocycles. The van der Waals surface area contributed by atoms with Gasteiger partial charge in [-0.1, -0.05) is 117 Å². The summed E-state index contributed by atoms with van der Waals surface area (Å²) in [6, 6.07) is 0.432. The molecule has 0 bridgehead atoms. The Kier molecular flexibility index (Phi) is 27.4. The summed E-state index contributed by atoms with van der Waals surface area (Å²) in [7, 11) is 0. The van der Waals surface area contributed by atoms with Gasteiger partial charge in [-0.15, -0.1) is 0 Å². The average molecular weight is 610 g/mol. The van der Waals surface area contributed by atoms with Crippen molar-refractivity contribution in [3.63, 3.8) is 0 Å². The first-order valence-electron chi connectivity index (χ1n) is 18.6. The second kappa shape index (κ2) is 29.5. The fourth-order valence-corrected chi connectivity index (χ4v) is 6.16. The number of carbonyl (C=O) groups is 2. The van der Waals surface area contributed by atoms with Crippen LogP contribution < -0.4 is 5.73 Å². The van der Waals surface area contributed by atoms with Crippen molar-refractivity contribution in [2.75, 3.05) is 52.5 Å². The first kappa shape index (κ1) is 39.8. The molecular weight excluding hydrogens is 538 g/mol. The molecule has 254 valence electrons. The maximum Gasteiger partial charge on any atom is 0.305 e. The van der Waals surface area contributed by atoms with E-state index in [-0.39, 0.29) is 11.9 Å². The number of hydrogen-bond donors (Lipinski definition) is 1. The number of piperidine rings is 1. The predicted molar refractivity (Wildman–Crippen MR) is 180 cm³/mol. The number of carbonyl (C=O) groups excluding carboxylic acids is 2. The van der Waals surface area contributed by atoms with Crippen molar-refractivity contribution < 1.29 is 19.1 Å². The molecule has 0 atom stereocenters. The van der Waals surface area contributed by atoms with Gasteiger partial charge in [-0.05, 0) is 58.3 Å². The number of nitrogens with zero attached hydrogens (tertiary/aromatic N) is 2. The van der Waals surface area contributed by atoms with Crippen molar-refractivity contribution in [2.24, 2.45) is 5.73 Å². The van der Waals surface area contributed by atoms with Crippen molar-refractivity contribution >= 4 is 11.9 Å². The standard InChI is InChI=1S/C36H71N3O4/c1-3-5-7-9-11-13-15-17-19-22-35(40)42-32-30-39(34-24-28-38(29-25-34)27-21-26-37)31-33-43-36(41)23-20-18-16-14-12-10-8-6-4-2/h34H,3-33,37H2,1-2H3. The van der Waals surface area contributed by atoms with Crippen molar-refractivity contribution in [1.82, 2.24) is 9.80 Å². The van der Waals surface area contributed by atoms with Crippen LogP contribution in [0.4, 0.5) is 0 Å². The highest BCUT2D eigenvalue weighted by Crippen LogP contribution is 2.17. The van der Waals surface area contributed by atoms with Gasteiger partial charge in [-0.2, -0.15) is 0 Å². The minimum absolute atomic E-state index is 0.0770. The predicted octanol–water partition coefficient (Wildman–Crippen LogP) is 8.03. The summed E-state index contributed by atoms with van der Waals surface area (Å²) in [6.07, 6.45) is 26.6. The van der Waals surface area contributed by atoms with Gasteiger partial charge in [0.15, 0.2) is 0 Å². The number of likely N-dealkylation sites (tertiary alicyclic amines) is 1. The number of nitrogens with two attached hydrogens (primary N) is 1. The van der Waals surface area contributed by atoms with Gasteiger partial charge in [0.05, 0.1) is 0 Å². The maximum absolute atomic E-state index is 12.4. The van der Waals surface area contributed by atoms with Gasteiger partial charge in [0.25, 0.3) is 0 Å². The first-order valence-corrected chi connectivity index (χ1v) is 18.6. The Hall–Kier alpha value is -1.18. The van der Waals surface area contributed by atoms with Crippen molar-refractivity contribution in [3.05, 3.63) is 0 Å². The molecule has 0 unspecified atom stereocenters. The molecule has 0 aromatic rings. The van der Waals surface area contributed by atoms with Crippen LogP contribution in [0, 0.1) is 0 Å². The van der Waals surface area contributed by atoms with Crippen LogP contribution in [-0.4, -0.2) is 80.3 Å². The smallest absolute Gasteiger partial charge is 0.305 e. The SMILES string of the molecule is CCCCCCCCCCCC(=O)OCCN(CCOC(=O)CCCCCCCCCCC)C1CCN(CCCN)CC1. The van der Waals surface area contributed by atoms with Crippen LogP contribution in [0.15, 0.2) is 0 Å². The van der Waals surface area contributed by atoms with Crippen LogP contribution >= 0.6 is 0 Å². The molecule has 43 heavy (non-hydrogen) atoms. The van der Waals surface area contributed by atoms with E-state index < -0.39 is 0 Å². The van der Waals surface area contributed by atoms with Gasteiger partial charge in [-0.3, -0.25) is 14.5 Å². The number of unbranched alkanes of at least 4 members (excludes halogenated alkanes) is 16. The van der Waals surface area contributed by atoms with E-state index in [1.54, 1.807) is 0 Å². The monoisotopic (exact) mass is 610 g/mol. The molecule has 0 spiro atoms. The van der Waals surface area contributed by atoms with Gasteiger partial charge in [0.2, 0.25) is 0 Å². The van der Waals surface area contributed by atoms with E-state index in [9.17, 15) is 9.59 Å². The lowest BCUT2D eigenvalue weighted by atomic mass is 10.0. The van der Waals surface area contributed by atoms with Crippen LogP contribution in [0.2, 0.25) is 0 Å². The van der Waals surface area contributed by atoms with E-state index in [0.29, 0.717) is 45.2 Å². The molecule has 1 heterocycles. The van der Waals surface area contributed by atoms with E-state index in [0.717, 1.165) is 71.1 Å². The third-order valence-corrected chi connectivity index (χ3v) is 9.00. The second-order valence-corrected chi connectivity index (χ2v) is 12.8. The van der Waals surface area contributed by atoms with Gasteiger partial charge < -0.3 is 20.1 Å². The lowest BCUT2D eigenvalue weighted by Gasteiger charge is -2.38. The molecule has 2 N–H and O–H groups in total. The Morgan fingerprint density at radius 2 is 1.02 bits per heavy atom. The minimum Gasteiger partial charge on any atom is -0.464 e. The van der Waals surface area contributed by atoms with E-state index >= 15 is 0 Å². The number of esters is 2. The lowest BCUT2D eigenvalue weighted by molar-refractivity contribution is -0.145. The highest BCUT2D eigenvalue weighted by molar-refractivity contribution is 5.69. The molecule has 0 aromatic carbocycles. The normalized spacial score (nSPS) is 14.4. The summed E-state index contributed by atoms with van der Waals surface area (Å²) in [5.41, 5.74) is 5.71. The molecule has 7 heteroatoms. The quantitative estimate of drug-likeness (QED) is 0.0652. The number of hydrogen-bond acceptors (Lipinski definition) is 7. The summed E-state index contributed by atoms with van der Waals surface area (Å²) in [6.45, 7) is 10.7. The van der Waals surface area contributed by atoms with E-state index in [1.165, 1.54) is 89.9 Å². The van der Waals surface area contributed by atoms with Gasteiger partial charge in [-0.25, -0.2) is 0 Å². The Labute approximate surface area is 266 Å². The molecule has 1 aliphatic heterocycles. The molecule has 0 aliphatic carbocycles. The molecule has 1 fully saturated rings. The van der Waals surface area contributed by atoms with Crippen molar-refractivity contribution in [2.45, 2.75) is 168 Å². The molecule has 1 aliphatic rings. The topological polar surface area (TPSA) is 85.1 Å². The zero-order valence-corrected chi connectivity index (χ0v) is 28.6. The van der Waals surface area contributed by atoms with Gasteiger partial charge in [0.1, 0.15) is 13.2 Å². The van der Waals surface area contributed by atoms with E-state index in [4.69, 9.17) is 15.2 Å². The Bertz CT molecular complexity index is 600. The summed E-state index contributed by atoms with van der Waals surface area (Å²) < 4.78 is 11.3. The summed E-state index contributed by atoms with van der Waals surface area (Å²) in [4.78, 5) is 29.6. The average Bonchev–Trinajstić information content (AvgIpc) is 3.01. The van der Waals surface area contributed by atoms with Crippen molar-refractivity contribution in [3.8, 4) is 0 Å². The van der Waals surface area contributed by atoms with Crippen LogP contribution in [0.1, 0.15) is 162 Å². The Balaban J connectivity index is 2.28. The first-order chi connectivity index (χ1) is 21.1. The number of rotatable bonds is 30. The number of ether oxygens (including phenoxy) is 2. The molecule has 0 amide bonds. The highest BCUT2D eigenvalue weighted by Gasteiger charge is 2.24. The third-order valence-electron chi connectivity index (χ3n) is 9.00. The summed E-state index contributed by atoms with van der Waals surface area (Å²) in [5, 5.41) is 0. The second-order valence-electron chi connectivity index (χ2n) is 12.8. The zero-order chi connectivity index (χ0) is 31.2. The fraction of sp³-hybridized carbons (Fsp3) is 0.944. The fourth-order valence-electron chi connectivity index (χ4n) is 6.16. The minimum atomic E-state index is -0.0770. The highest BCUT2D eigenvalue weighted by atomic mass is 16.5. The molecule has 0 aromatic heterocycles. The molecular formula is C36H71N3O4. The molecule has 1 rings (SSSR count). The summed E-state index contributed by atoms with van der Waals surface area (Å²) >= 11 is 0. The Morgan fingerprint density at radius 1 is 0.628 bits per heavy atom. The largest absolute Gasteiger partial charge is 0.464 e. The van der Waals surface area contributed by atoms with E-state index in [2.05, 4.69) is 23.6 Å². The lowest BCUT2D eigenvalue weighted by Crippen LogP contribution is -2.47. The summed E-state index contributed by atoms with van der Waals surface area (Å²) in [5.74, 6) is -0.154. The van der Waals surface area contributed by atoms with Crippen molar-refractivity contribution in [1.29, 1.82) is 0 Å².